The molecule has 0 saturated heterocycles. The molecule has 114 valence electrons. The van der Waals surface area contributed by atoms with Gasteiger partial charge in [-0.05, 0) is 37.5 Å². The van der Waals surface area contributed by atoms with Crippen LogP contribution in [-0.4, -0.2) is 17.4 Å². The largest absolute Gasteiger partial charge is 0.348 e. The van der Waals surface area contributed by atoms with Crippen LogP contribution in [0.5, 0.6) is 0 Å². The van der Waals surface area contributed by atoms with Crippen molar-refractivity contribution in [1.82, 2.24) is 5.32 Å². The molecule has 0 radical (unpaired) electrons. The van der Waals surface area contributed by atoms with Crippen molar-refractivity contribution in [2.24, 2.45) is 5.73 Å². The molecule has 0 saturated carbocycles. The Hall–Kier alpha value is -1.88. The Morgan fingerprint density at radius 2 is 2.24 bits per heavy atom. The summed E-state index contributed by atoms with van der Waals surface area (Å²) < 4.78 is 0. The lowest BCUT2D eigenvalue weighted by atomic mass is 9.95. The topological polar surface area (TPSA) is 84.2 Å². The van der Waals surface area contributed by atoms with E-state index in [2.05, 4.69) is 10.6 Å². The Bertz CT molecular complexity index is 567. The first-order chi connectivity index (χ1) is 9.83. The number of amides is 2. The fourth-order valence-electron chi connectivity index (χ4n) is 2.60. The summed E-state index contributed by atoms with van der Waals surface area (Å²) in [4.78, 5) is 23.6. The maximum Gasteiger partial charge on any atom is 0.240 e. The zero-order valence-electron chi connectivity index (χ0n) is 12.8. The van der Waals surface area contributed by atoms with E-state index in [1.807, 2.05) is 32.0 Å². The third-order valence-electron chi connectivity index (χ3n) is 3.89. The number of carbonyl (C=O) groups excluding carboxylic acids is 2. The lowest BCUT2D eigenvalue weighted by Crippen LogP contribution is -2.52. The molecule has 2 atom stereocenters. The Kier molecular flexibility index (Phi) is 4.32. The number of nitrogens with one attached hydrogen (secondary N) is 2. The van der Waals surface area contributed by atoms with Gasteiger partial charge in [0.2, 0.25) is 11.8 Å². The number of hydrogen-bond acceptors (Lipinski definition) is 3. The first-order valence-electron chi connectivity index (χ1n) is 7.36. The highest BCUT2D eigenvalue weighted by Gasteiger charge is 2.28. The highest BCUT2D eigenvalue weighted by atomic mass is 16.2. The lowest BCUT2D eigenvalue weighted by Gasteiger charge is -2.25. The Morgan fingerprint density at radius 3 is 2.90 bits per heavy atom. The lowest BCUT2D eigenvalue weighted by molar-refractivity contribution is -0.126. The molecule has 2 rings (SSSR count). The predicted octanol–water partition coefficient (Wildman–Crippen LogP) is 1.88. The van der Waals surface area contributed by atoms with Gasteiger partial charge in [-0.15, -0.1) is 0 Å². The molecule has 5 heteroatoms. The first kappa shape index (κ1) is 15.5. The smallest absolute Gasteiger partial charge is 0.240 e. The molecule has 5 nitrogen and oxygen atoms in total. The molecule has 1 aromatic rings. The summed E-state index contributed by atoms with van der Waals surface area (Å²) in [7, 11) is 0. The van der Waals surface area contributed by atoms with Crippen LogP contribution in [0.1, 0.15) is 50.8 Å². The van der Waals surface area contributed by atoms with Gasteiger partial charge in [0.25, 0.3) is 0 Å². The molecule has 21 heavy (non-hydrogen) atoms. The molecule has 0 aliphatic carbocycles. The van der Waals surface area contributed by atoms with Crippen molar-refractivity contribution in [2.45, 2.75) is 51.6 Å². The van der Waals surface area contributed by atoms with Crippen molar-refractivity contribution < 1.29 is 9.59 Å². The predicted molar refractivity (Wildman–Crippen MR) is 82.8 cm³/mol. The van der Waals surface area contributed by atoms with E-state index in [1.54, 1.807) is 6.92 Å². The van der Waals surface area contributed by atoms with Crippen molar-refractivity contribution in [3.63, 3.8) is 0 Å². The molecule has 1 aromatic carbocycles. The fourth-order valence-corrected chi connectivity index (χ4v) is 2.60. The molecule has 1 aliphatic heterocycles. The molecule has 0 aromatic heterocycles. The summed E-state index contributed by atoms with van der Waals surface area (Å²) in [6.07, 6.45) is 1.91. The molecule has 2 amide bonds. The molecule has 4 N–H and O–H groups in total. The number of nitrogens with two attached hydrogens (primary N) is 1. The van der Waals surface area contributed by atoms with Gasteiger partial charge in [-0.1, -0.05) is 25.5 Å². The van der Waals surface area contributed by atoms with E-state index in [0.29, 0.717) is 12.8 Å². The number of carbonyl (C=O) groups is 2. The van der Waals surface area contributed by atoms with Gasteiger partial charge in [0, 0.05) is 5.69 Å². The quantitative estimate of drug-likeness (QED) is 0.773. The average molecular weight is 289 g/mol. The summed E-state index contributed by atoms with van der Waals surface area (Å²) in [5, 5.41) is 5.75. The standard InChI is InChI=1S/C16H23N3O2/c1-4-7-16(3,17)15(21)18-10(2)11-5-6-13-12(8-11)9-14(20)19-13/h5-6,8,10H,4,7,9,17H2,1-3H3,(H,18,21)(H,19,20). The fraction of sp³-hybridized carbons (Fsp3) is 0.500. The molecule has 2 unspecified atom stereocenters. The van der Waals surface area contributed by atoms with E-state index >= 15 is 0 Å². The maximum absolute atomic E-state index is 12.2. The van der Waals surface area contributed by atoms with Crippen LogP contribution in [0.15, 0.2) is 18.2 Å². The molecule has 0 bridgehead atoms. The molecular formula is C16H23N3O2. The number of fused-ring (bicyclic) bond motifs is 1. The second-order valence-corrected chi connectivity index (χ2v) is 6.00. The van der Waals surface area contributed by atoms with Crippen LogP contribution >= 0.6 is 0 Å². The third-order valence-corrected chi connectivity index (χ3v) is 3.89. The highest BCUT2D eigenvalue weighted by molar-refractivity contribution is 5.99. The van der Waals surface area contributed by atoms with Crippen molar-refractivity contribution >= 4 is 17.5 Å². The highest BCUT2D eigenvalue weighted by Crippen LogP contribution is 2.26. The van der Waals surface area contributed by atoms with Crippen LogP contribution in [-0.2, 0) is 16.0 Å². The van der Waals surface area contributed by atoms with Crippen molar-refractivity contribution in [2.75, 3.05) is 5.32 Å². The zero-order valence-corrected chi connectivity index (χ0v) is 12.8. The summed E-state index contributed by atoms with van der Waals surface area (Å²) >= 11 is 0. The van der Waals surface area contributed by atoms with Crippen molar-refractivity contribution in [3.05, 3.63) is 29.3 Å². The molecule has 0 spiro atoms. The average Bonchev–Trinajstić information content (AvgIpc) is 2.77. The Labute approximate surface area is 125 Å². The zero-order chi connectivity index (χ0) is 15.6. The van der Waals surface area contributed by atoms with Crippen LogP contribution < -0.4 is 16.4 Å². The third kappa shape index (κ3) is 3.42. The van der Waals surface area contributed by atoms with E-state index in [4.69, 9.17) is 5.73 Å². The normalized spacial score (nSPS) is 17.6. The van der Waals surface area contributed by atoms with Gasteiger partial charge < -0.3 is 16.4 Å². The van der Waals surface area contributed by atoms with Crippen LogP contribution in [0.2, 0.25) is 0 Å². The number of rotatable bonds is 5. The van der Waals surface area contributed by atoms with Crippen molar-refractivity contribution in [3.8, 4) is 0 Å². The number of benzene rings is 1. The number of anilines is 1. The minimum Gasteiger partial charge on any atom is -0.348 e. The van der Waals surface area contributed by atoms with Crippen LogP contribution in [0, 0.1) is 0 Å². The summed E-state index contributed by atoms with van der Waals surface area (Å²) in [6, 6.07) is 5.62. The summed E-state index contributed by atoms with van der Waals surface area (Å²) in [5.41, 5.74) is 8.00. The number of hydrogen-bond donors (Lipinski definition) is 3. The Balaban J connectivity index is 2.08. The van der Waals surface area contributed by atoms with E-state index in [-0.39, 0.29) is 17.9 Å². The SMILES string of the molecule is CCCC(C)(N)C(=O)NC(C)c1ccc2c(c1)CC(=O)N2. The minimum absolute atomic E-state index is 0.0105. The van der Waals surface area contributed by atoms with Crippen molar-refractivity contribution in [1.29, 1.82) is 0 Å². The van der Waals surface area contributed by atoms with E-state index in [1.165, 1.54) is 0 Å². The second kappa shape index (κ2) is 5.85. The first-order valence-corrected chi connectivity index (χ1v) is 7.36. The van der Waals surface area contributed by atoms with Crippen LogP contribution in [0.4, 0.5) is 5.69 Å². The second-order valence-electron chi connectivity index (χ2n) is 6.00. The molecule has 0 fully saturated rings. The van der Waals surface area contributed by atoms with E-state index in [0.717, 1.165) is 23.2 Å². The van der Waals surface area contributed by atoms with Gasteiger partial charge in [0.1, 0.15) is 0 Å². The van der Waals surface area contributed by atoms with Gasteiger partial charge in [0.15, 0.2) is 0 Å². The van der Waals surface area contributed by atoms with E-state index in [9.17, 15) is 9.59 Å². The Morgan fingerprint density at radius 1 is 1.52 bits per heavy atom. The summed E-state index contributed by atoms with van der Waals surface area (Å²) in [6.45, 7) is 5.68. The summed E-state index contributed by atoms with van der Waals surface area (Å²) in [5.74, 6) is -0.136. The van der Waals surface area contributed by atoms with Crippen LogP contribution in [0.25, 0.3) is 0 Å². The minimum atomic E-state index is -0.850. The van der Waals surface area contributed by atoms with Gasteiger partial charge in [-0.3, -0.25) is 9.59 Å². The molecule has 1 heterocycles. The molecule has 1 aliphatic rings. The van der Waals surface area contributed by atoms with E-state index < -0.39 is 5.54 Å². The van der Waals surface area contributed by atoms with Crippen LogP contribution in [0.3, 0.4) is 0 Å². The van der Waals surface area contributed by atoms with Gasteiger partial charge >= 0.3 is 0 Å². The molecular weight excluding hydrogens is 266 g/mol. The van der Waals surface area contributed by atoms with Gasteiger partial charge in [-0.2, -0.15) is 0 Å². The van der Waals surface area contributed by atoms with Gasteiger partial charge in [0.05, 0.1) is 18.0 Å². The maximum atomic E-state index is 12.2. The van der Waals surface area contributed by atoms with Gasteiger partial charge in [-0.25, -0.2) is 0 Å². The monoisotopic (exact) mass is 289 g/mol.